The molecule has 1 aliphatic rings. The van der Waals surface area contributed by atoms with E-state index in [1.54, 1.807) is 0 Å². The number of hydrogen-bond acceptors (Lipinski definition) is 5. The molecule has 1 aromatic heterocycles. The van der Waals surface area contributed by atoms with Crippen LogP contribution in [-0.4, -0.2) is 61.8 Å². The molecule has 2 heterocycles. The maximum atomic E-state index is 11.6. The van der Waals surface area contributed by atoms with Gasteiger partial charge in [0.05, 0.1) is 6.54 Å². The molecule has 0 bridgehead atoms. The zero-order valence-electron chi connectivity index (χ0n) is 16.9. The van der Waals surface area contributed by atoms with Gasteiger partial charge in [0.25, 0.3) is 0 Å². The van der Waals surface area contributed by atoms with E-state index >= 15 is 0 Å². The maximum absolute atomic E-state index is 11.6. The van der Waals surface area contributed by atoms with Gasteiger partial charge in [0.2, 0.25) is 0 Å². The van der Waals surface area contributed by atoms with Gasteiger partial charge in [-0.2, -0.15) is 0 Å². The molecule has 1 aliphatic heterocycles. The van der Waals surface area contributed by atoms with Gasteiger partial charge in [0.15, 0.2) is 5.96 Å². The van der Waals surface area contributed by atoms with Crippen LogP contribution in [0.15, 0.2) is 16.4 Å². The quantitative estimate of drug-likeness (QED) is 0.375. The van der Waals surface area contributed by atoms with E-state index in [0.717, 1.165) is 45.1 Å². The first-order valence-corrected chi connectivity index (χ1v) is 10.5. The van der Waals surface area contributed by atoms with Crippen LogP contribution in [0.1, 0.15) is 38.1 Å². The maximum Gasteiger partial charge on any atom is 0.407 e. The molecular formula is C19H33N5O2S. The lowest BCUT2D eigenvalue weighted by Crippen LogP contribution is -2.43. The molecule has 2 rings (SSSR count). The second-order valence-corrected chi connectivity index (χ2v) is 8.51. The zero-order chi connectivity index (χ0) is 19.7. The highest BCUT2D eigenvalue weighted by Gasteiger charge is 2.17. The predicted molar refractivity (Wildman–Crippen MR) is 112 cm³/mol. The normalized spacial score (nSPS) is 15.2. The van der Waals surface area contributed by atoms with E-state index in [4.69, 9.17) is 4.74 Å². The number of aliphatic imine (C=N–C) groups is 1. The zero-order valence-corrected chi connectivity index (χ0v) is 17.7. The Hall–Kier alpha value is -1.80. The number of carbonyl (C=O) groups is 1. The molecule has 152 valence electrons. The summed E-state index contributed by atoms with van der Waals surface area (Å²) in [7, 11) is 0. The summed E-state index contributed by atoms with van der Waals surface area (Å²) in [6, 6.07) is 2.23. The monoisotopic (exact) mass is 395 g/mol. The van der Waals surface area contributed by atoms with Crippen molar-refractivity contribution in [1.29, 1.82) is 0 Å². The van der Waals surface area contributed by atoms with Gasteiger partial charge >= 0.3 is 6.09 Å². The Morgan fingerprint density at radius 1 is 1.30 bits per heavy atom. The fourth-order valence-electron chi connectivity index (χ4n) is 2.80. The molecule has 0 fully saturated rings. The second kappa shape index (κ2) is 10.5. The number of rotatable bonds is 7. The number of hydrogen-bond donors (Lipinski definition) is 3. The molecule has 1 aromatic rings. The van der Waals surface area contributed by atoms with Gasteiger partial charge in [-0.1, -0.05) is 0 Å². The Morgan fingerprint density at radius 3 is 2.81 bits per heavy atom. The van der Waals surface area contributed by atoms with Crippen molar-refractivity contribution in [3.8, 4) is 0 Å². The van der Waals surface area contributed by atoms with Gasteiger partial charge in [-0.3, -0.25) is 9.89 Å². The third-order valence-electron chi connectivity index (χ3n) is 4.00. The van der Waals surface area contributed by atoms with E-state index in [2.05, 4.69) is 37.3 Å². The van der Waals surface area contributed by atoms with E-state index in [0.29, 0.717) is 13.1 Å². The van der Waals surface area contributed by atoms with Crippen LogP contribution >= 0.6 is 11.3 Å². The molecular weight excluding hydrogens is 362 g/mol. The number of guanidine groups is 1. The van der Waals surface area contributed by atoms with Crippen LogP contribution in [0.5, 0.6) is 0 Å². The number of nitrogens with one attached hydrogen (secondary N) is 3. The Morgan fingerprint density at radius 2 is 2.07 bits per heavy atom. The minimum atomic E-state index is -0.480. The minimum Gasteiger partial charge on any atom is -0.444 e. The summed E-state index contributed by atoms with van der Waals surface area (Å²) in [5, 5.41) is 11.4. The molecule has 27 heavy (non-hydrogen) atoms. The van der Waals surface area contributed by atoms with E-state index in [1.807, 2.05) is 39.0 Å². The Labute approximate surface area is 166 Å². The molecule has 0 aromatic carbocycles. The lowest BCUT2D eigenvalue weighted by Gasteiger charge is -2.26. The lowest BCUT2D eigenvalue weighted by molar-refractivity contribution is 0.0529. The van der Waals surface area contributed by atoms with Crippen molar-refractivity contribution in [3.63, 3.8) is 0 Å². The van der Waals surface area contributed by atoms with Crippen LogP contribution in [0, 0.1) is 0 Å². The molecule has 1 amide bonds. The Kier molecular flexibility index (Phi) is 8.37. The first-order valence-electron chi connectivity index (χ1n) is 9.64. The number of thiophene rings is 1. The van der Waals surface area contributed by atoms with E-state index < -0.39 is 11.7 Å². The predicted octanol–water partition coefficient (Wildman–Crippen LogP) is 2.19. The molecule has 8 heteroatoms. The number of amides is 1. The third-order valence-corrected chi connectivity index (χ3v) is 5.03. The van der Waals surface area contributed by atoms with Crippen LogP contribution in [0.3, 0.4) is 0 Å². The minimum absolute atomic E-state index is 0.399. The van der Waals surface area contributed by atoms with Crippen LogP contribution in [0.25, 0.3) is 0 Å². The average Bonchev–Trinajstić information content (AvgIpc) is 3.05. The SMILES string of the molecule is CCNC(=NCCN1CCc2sccc2C1)NCCNC(=O)OC(C)(C)C. The van der Waals surface area contributed by atoms with Crippen molar-refractivity contribution in [2.45, 2.75) is 46.3 Å². The molecule has 0 radical (unpaired) electrons. The number of carbonyl (C=O) groups excluding carboxylic acids is 1. The number of alkyl carbamates (subject to hydrolysis) is 1. The summed E-state index contributed by atoms with van der Waals surface area (Å²) < 4.78 is 5.22. The topological polar surface area (TPSA) is 78.0 Å². The largest absolute Gasteiger partial charge is 0.444 e. The summed E-state index contributed by atoms with van der Waals surface area (Å²) >= 11 is 1.87. The molecule has 3 N–H and O–H groups in total. The fourth-order valence-corrected chi connectivity index (χ4v) is 3.69. The lowest BCUT2D eigenvalue weighted by atomic mass is 10.1. The van der Waals surface area contributed by atoms with Gasteiger partial charge < -0.3 is 20.7 Å². The first-order chi connectivity index (χ1) is 12.9. The number of ether oxygens (including phenoxy) is 1. The molecule has 0 unspecified atom stereocenters. The van der Waals surface area contributed by atoms with Gasteiger partial charge in [-0.15, -0.1) is 11.3 Å². The summed E-state index contributed by atoms with van der Waals surface area (Å²) in [5.74, 6) is 0.775. The Bertz CT molecular complexity index is 624. The van der Waals surface area contributed by atoms with Crippen molar-refractivity contribution in [2.24, 2.45) is 4.99 Å². The van der Waals surface area contributed by atoms with Gasteiger partial charge in [-0.25, -0.2) is 4.79 Å². The fraction of sp³-hybridized carbons (Fsp3) is 0.684. The second-order valence-electron chi connectivity index (χ2n) is 7.51. The smallest absolute Gasteiger partial charge is 0.407 e. The van der Waals surface area contributed by atoms with Crippen molar-refractivity contribution < 1.29 is 9.53 Å². The number of fused-ring (bicyclic) bond motifs is 1. The van der Waals surface area contributed by atoms with E-state index in [1.165, 1.54) is 10.4 Å². The highest BCUT2D eigenvalue weighted by molar-refractivity contribution is 7.10. The van der Waals surface area contributed by atoms with E-state index in [9.17, 15) is 4.79 Å². The van der Waals surface area contributed by atoms with Gasteiger partial charge in [0.1, 0.15) is 5.60 Å². The van der Waals surface area contributed by atoms with Crippen LogP contribution in [0.4, 0.5) is 4.79 Å². The van der Waals surface area contributed by atoms with Crippen molar-refractivity contribution in [1.82, 2.24) is 20.9 Å². The van der Waals surface area contributed by atoms with Gasteiger partial charge in [0, 0.05) is 44.1 Å². The molecule has 0 spiro atoms. The van der Waals surface area contributed by atoms with Gasteiger partial charge in [-0.05, 0) is 51.1 Å². The average molecular weight is 396 g/mol. The molecule has 0 saturated carbocycles. The summed E-state index contributed by atoms with van der Waals surface area (Å²) in [5.41, 5.74) is 0.986. The van der Waals surface area contributed by atoms with E-state index in [-0.39, 0.29) is 0 Å². The highest BCUT2D eigenvalue weighted by atomic mass is 32.1. The highest BCUT2D eigenvalue weighted by Crippen LogP contribution is 2.23. The molecule has 7 nitrogen and oxygen atoms in total. The first kappa shape index (κ1) is 21.5. The number of nitrogens with zero attached hydrogens (tertiary/aromatic N) is 2. The van der Waals surface area contributed by atoms with Crippen molar-refractivity contribution in [3.05, 3.63) is 21.9 Å². The third kappa shape index (κ3) is 8.17. The molecule has 0 atom stereocenters. The molecule has 0 saturated heterocycles. The summed E-state index contributed by atoms with van der Waals surface area (Å²) in [6.07, 6.45) is 0.745. The van der Waals surface area contributed by atoms with Crippen LogP contribution < -0.4 is 16.0 Å². The standard InChI is InChI=1S/C19H33N5O2S/c1-5-20-17(21-8-9-23-18(25)26-19(2,3)4)22-10-12-24-11-6-16-15(14-24)7-13-27-16/h7,13H,5-6,8-12,14H2,1-4H3,(H,23,25)(H2,20,21,22). The van der Waals surface area contributed by atoms with Crippen LogP contribution in [-0.2, 0) is 17.7 Å². The van der Waals surface area contributed by atoms with Crippen molar-refractivity contribution in [2.75, 3.05) is 39.3 Å². The van der Waals surface area contributed by atoms with Crippen molar-refractivity contribution >= 4 is 23.4 Å². The summed E-state index contributed by atoms with van der Waals surface area (Å²) in [4.78, 5) is 20.3. The molecule has 0 aliphatic carbocycles. The Balaban J connectivity index is 1.67. The van der Waals surface area contributed by atoms with Crippen LogP contribution in [0.2, 0.25) is 0 Å². The summed E-state index contributed by atoms with van der Waals surface area (Å²) in [6.45, 7) is 13.3.